The minimum atomic E-state index is -0.431. The van der Waals surface area contributed by atoms with Gasteiger partial charge in [0.1, 0.15) is 0 Å². The monoisotopic (exact) mass is 359 g/mol. The normalized spacial score (nSPS) is 17.6. The highest BCUT2D eigenvalue weighted by atomic mass is 31.1. The molecule has 2 aromatic rings. The van der Waals surface area contributed by atoms with Gasteiger partial charge in [-0.15, -0.1) is 0 Å². The lowest BCUT2D eigenvalue weighted by Crippen LogP contribution is -2.28. The lowest BCUT2D eigenvalue weighted by atomic mass is 9.91. The van der Waals surface area contributed by atoms with Gasteiger partial charge in [0.15, 0.2) is 0 Å². The number of benzene rings is 2. The molecular weight excluding hydrogens is 333 g/mol. The third-order valence-electron chi connectivity index (χ3n) is 5.01. The summed E-state index contributed by atoms with van der Waals surface area (Å²) in [6.07, 6.45) is 11.1. The maximum atomic E-state index is 9.16. The van der Waals surface area contributed by atoms with Crippen molar-refractivity contribution in [3.05, 3.63) is 84.5 Å². The molecule has 0 fully saturated rings. The lowest BCUT2D eigenvalue weighted by molar-refractivity contribution is 0.552. The third-order valence-corrected chi connectivity index (χ3v) is 8.02. The van der Waals surface area contributed by atoms with E-state index in [1.165, 1.54) is 29.9 Å². The summed E-state index contributed by atoms with van der Waals surface area (Å²) in [6, 6.07) is 24.3. The second-order valence-electron chi connectivity index (χ2n) is 6.78. The fourth-order valence-electron chi connectivity index (χ4n) is 3.66. The first-order valence-electron chi connectivity index (χ1n) is 9.51. The number of rotatable bonds is 7. The van der Waals surface area contributed by atoms with E-state index < -0.39 is 7.92 Å². The van der Waals surface area contributed by atoms with Crippen LogP contribution in [0.15, 0.2) is 84.5 Å². The van der Waals surface area contributed by atoms with Gasteiger partial charge in [-0.05, 0) is 49.0 Å². The Balaban J connectivity index is 1.98. The fourth-order valence-corrected chi connectivity index (χ4v) is 6.76. The first-order chi connectivity index (χ1) is 12.8. The molecule has 1 aliphatic rings. The number of allylic oxidation sites excluding steroid dienone is 4. The molecule has 0 saturated carbocycles. The molecule has 0 bridgehead atoms. The van der Waals surface area contributed by atoms with Crippen LogP contribution in [0.2, 0.25) is 0 Å². The Morgan fingerprint density at radius 3 is 2.12 bits per heavy atom. The van der Waals surface area contributed by atoms with Crippen molar-refractivity contribution in [2.45, 2.75) is 38.3 Å². The van der Waals surface area contributed by atoms with Crippen LogP contribution in [0.4, 0.5) is 0 Å². The molecule has 26 heavy (non-hydrogen) atoms. The quantitative estimate of drug-likeness (QED) is 0.581. The maximum Gasteiger partial charge on any atom is 0.0988 e. The van der Waals surface area contributed by atoms with Crippen molar-refractivity contribution in [1.82, 2.24) is 0 Å². The van der Waals surface area contributed by atoms with Crippen LogP contribution in [0.5, 0.6) is 0 Å². The molecule has 0 heterocycles. The molecule has 0 spiro atoms. The molecule has 0 amide bonds. The van der Waals surface area contributed by atoms with E-state index in [9.17, 15) is 0 Å². The van der Waals surface area contributed by atoms with Crippen LogP contribution in [0, 0.1) is 17.2 Å². The van der Waals surface area contributed by atoms with Crippen molar-refractivity contribution in [3.8, 4) is 6.07 Å². The van der Waals surface area contributed by atoms with Crippen LogP contribution in [0.1, 0.15) is 32.6 Å². The first-order valence-corrected chi connectivity index (χ1v) is 10.9. The molecule has 132 valence electrons. The Hall–Kier alpha value is -2.16. The van der Waals surface area contributed by atoms with Gasteiger partial charge in [0.05, 0.1) is 6.07 Å². The summed E-state index contributed by atoms with van der Waals surface area (Å²) in [6.45, 7) is 2.27. The Kier molecular flexibility index (Phi) is 6.82. The summed E-state index contributed by atoms with van der Waals surface area (Å²) in [4.78, 5) is 0. The van der Waals surface area contributed by atoms with E-state index in [4.69, 9.17) is 5.26 Å². The van der Waals surface area contributed by atoms with E-state index in [2.05, 4.69) is 85.8 Å². The van der Waals surface area contributed by atoms with Gasteiger partial charge in [-0.2, -0.15) is 5.26 Å². The van der Waals surface area contributed by atoms with E-state index in [-0.39, 0.29) is 0 Å². The molecule has 0 saturated heterocycles. The molecule has 0 aliphatic heterocycles. The van der Waals surface area contributed by atoms with E-state index >= 15 is 0 Å². The molecule has 3 rings (SSSR count). The molecule has 1 aliphatic carbocycles. The predicted molar refractivity (Wildman–Crippen MR) is 113 cm³/mol. The van der Waals surface area contributed by atoms with E-state index in [0.717, 1.165) is 12.0 Å². The van der Waals surface area contributed by atoms with Crippen molar-refractivity contribution in [2.24, 2.45) is 5.92 Å². The second-order valence-corrected chi connectivity index (χ2v) is 9.22. The van der Waals surface area contributed by atoms with Crippen molar-refractivity contribution in [1.29, 1.82) is 5.26 Å². The molecule has 2 atom stereocenters. The summed E-state index contributed by atoms with van der Waals surface area (Å²) >= 11 is 0. The number of unbranched alkanes of at least 4 members (excludes halogenated alkanes) is 1. The summed E-state index contributed by atoms with van der Waals surface area (Å²) in [5.74, 6) is 0.505. The topological polar surface area (TPSA) is 23.8 Å². The van der Waals surface area contributed by atoms with E-state index in [1.54, 1.807) is 0 Å². The largest absolute Gasteiger partial charge is 0.192 e. The number of nitrogens with zero attached hydrogens (tertiary/aromatic N) is 1. The summed E-state index contributed by atoms with van der Waals surface area (Å²) in [5, 5.41) is 12.1. The summed E-state index contributed by atoms with van der Waals surface area (Å²) < 4.78 is 0. The number of nitriles is 1. The van der Waals surface area contributed by atoms with Crippen LogP contribution in [0.25, 0.3) is 0 Å². The molecule has 2 aromatic carbocycles. The zero-order chi connectivity index (χ0) is 18.2. The van der Waals surface area contributed by atoms with Gasteiger partial charge in [0.25, 0.3) is 0 Å². The minimum absolute atomic E-state index is 0.431. The molecule has 0 radical (unpaired) electrons. The zero-order valence-electron chi connectivity index (χ0n) is 15.4. The molecule has 2 heteroatoms. The second kappa shape index (κ2) is 9.51. The fraction of sp³-hybridized carbons (Fsp3) is 0.292. The zero-order valence-corrected chi connectivity index (χ0v) is 16.3. The van der Waals surface area contributed by atoms with Crippen LogP contribution in [-0.4, -0.2) is 5.66 Å². The van der Waals surface area contributed by atoms with Crippen molar-refractivity contribution < 1.29 is 0 Å². The van der Waals surface area contributed by atoms with E-state index in [0.29, 0.717) is 11.6 Å². The standard InChI is InChI=1S/C24H26NP/c1-2-3-14-24(21-17-15-20(19-25)16-18-21)26(22-10-6-4-7-11-22)23-12-8-5-9-13-23/h4-13,15-17,21,24H,2-3,14,18H2,1H3. The lowest BCUT2D eigenvalue weighted by Gasteiger charge is -2.34. The maximum absolute atomic E-state index is 9.16. The van der Waals surface area contributed by atoms with Crippen molar-refractivity contribution >= 4 is 18.5 Å². The molecule has 0 N–H and O–H groups in total. The number of hydrogen-bond donors (Lipinski definition) is 0. The van der Waals surface area contributed by atoms with Gasteiger partial charge in [-0.3, -0.25) is 0 Å². The highest BCUT2D eigenvalue weighted by Gasteiger charge is 2.30. The summed E-state index contributed by atoms with van der Waals surface area (Å²) in [7, 11) is -0.431. The third kappa shape index (κ3) is 4.51. The van der Waals surface area contributed by atoms with Crippen molar-refractivity contribution in [3.63, 3.8) is 0 Å². The Labute approximate surface area is 158 Å². The summed E-state index contributed by atoms with van der Waals surface area (Å²) in [5.41, 5.74) is 1.40. The molecule has 1 nitrogen and oxygen atoms in total. The van der Waals surface area contributed by atoms with Crippen LogP contribution < -0.4 is 10.6 Å². The van der Waals surface area contributed by atoms with Gasteiger partial charge in [0, 0.05) is 5.57 Å². The van der Waals surface area contributed by atoms with Crippen LogP contribution in [-0.2, 0) is 0 Å². The SMILES string of the molecule is CCCCC(C1C=CC(C#N)=CC1)P(c1ccccc1)c1ccccc1. The smallest absolute Gasteiger partial charge is 0.0988 e. The van der Waals surface area contributed by atoms with Crippen LogP contribution in [0.3, 0.4) is 0 Å². The molecule has 0 aromatic heterocycles. The van der Waals surface area contributed by atoms with Gasteiger partial charge < -0.3 is 0 Å². The van der Waals surface area contributed by atoms with Crippen molar-refractivity contribution in [2.75, 3.05) is 0 Å². The Bertz CT molecular complexity index is 746. The Morgan fingerprint density at radius 1 is 1.04 bits per heavy atom. The van der Waals surface area contributed by atoms with Gasteiger partial charge >= 0.3 is 0 Å². The average molecular weight is 359 g/mol. The molecule has 2 unspecified atom stereocenters. The average Bonchev–Trinajstić information content (AvgIpc) is 2.72. The molecular formula is C24H26NP. The van der Waals surface area contributed by atoms with Gasteiger partial charge in [0.2, 0.25) is 0 Å². The van der Waals surface area contributed by atoms with Crippen LogP contribution >= 0.6 is 7.92 Å². The highest BCUT2D eigenvalue weighted by molar-refractivity contribution is 7.73. The number of hydrogen-bond acceptors (Lipinski definition) is 1. The van der Waals surface area contributed by atoms with Gasteiger partial charge in [-0.25, -0.2) is 0 Å². The Morgan fingerprint density at radius 2 is 1.65 bits per heavy atom. The van der Waals surface area contributed by atoms with Gasteiger partial charge in [-0.1, -0.05) is 92.6 Å². The highest BCUT2D eigenvalue weighted by Crippen LogP contribution is 2.47. The minimum Gasteiger partial charge on any atom is -0.192 e. The first kappa shape index (κ1) is 18.6. The van der Waals surface area contributed by atoms with E-state index in [1.807, 2.05) is 6.08 Å². The predicted octanol–water partition coefficient (Wildman–Crippen LogP) is 5.70.